The van der Waals surface area contributed by atoms with Gasteiger partial charge in [0, 0.05) is 16.7 Å². The quantitative estimate of drug-likeness (QED) is 0.140. The van der Waals surface area contributed by atoms with Gasteiger partial charge in [0.25, 0.3) is 17.2 Å². The number of nitrogens with zero attached hydrogens (tertiary/aromatic N) is 1. The fraction of sp³-hybridized carbons (Fsp3) is 0.103. The first-order valence-corrected chi connectivity index (χ1v) is 11.8. The molecule has 0 saturated heterocycles. The van der Waals surface area contributed by atoms with Gasteiger partial charge in [0.2, 0.25) is 5.78 Å². The number of carbonyl (C=O) groups excluding carboxylic acids is 6. The molecule has 0 radical (unpaired) electrons. The Kier molecular flexibility index (Phi) is 7.85. The maximum Gasteiger partial charge on any atom is 0.375 e. The zero-order valence-electron chi connectivity index (χ0n) is 21.2. The highest BCUT2D eigenvalue weighted by Gasteiger charge is 2.40. The van der Waals surface area contributed by atoms with E-state index < -0.39 is 46.4 Å². The van der Waals surface area contributed by atoms with Crippen molar-refractivity contribution in [3.63, 3.8) is 0 Å². The normalized spacial score (nSPS) is 11.3. The molecule has 4 aromatic rings. The van der Waals surface area contributed by atoms with Crippen molar-refractivity contribution >= 4 is 51.7 Å². The number of anilines is 1. The molecular weight excluding hydrogens is 518 g/mol. The summed E-state index contributed by atoms with van der Waals surface area (Å²) < 4.78 is 4.43. The molecule has 1 amide bonds. The summed E-state index contributed by atoms with van der Waals surface area (Å²) in [5.41, 5.74) is -0.805. The molecule has 11 heteroatoms. The second-order valence-corrected chi connectivity index (χ2v) is 8.59. The van der Waals surface area contributed by atoms with Crippen molar-refractivity contribution in [3.8, 4) is 0 Å². The highest BCUT2D eigenvalue weighted by molar-refractivity contribution is 6.52. The minimum Gasteiger partial charge on any atom is -0.463 e. The number of nitrogens with one attached hydrogen (secondary N) is 2. The minimum atomic E-state index is -2.24. The average Bonchev–Trinajstić information content (AvgIpc) is 2.96. The molecule has 0 bridgehead atoms. The Morgan fingerprint density at radius 3 is 2.20 bits per heavy atom. The molecule has 200 valence electrons. The number of fused-ring (bicyclic) bond motifs is 1. The van der Waals surface area contributed by atoms with E-state index >= 15 is 0 Å². The van der Waals surface area contributed by atoms with Crippen LogP contribution in [-0.4, -0.2) is 52.1 Å². The van der Waals surface area contributed by atoms with Crippen LogP contribution >= 0.6 is 0 Å². The summed E-state index contributed by atoms with van der Waals surface area (Å²) in [4.78, 5) is 95.4. The topological polar surface area (TPSA) is 169 Å². The van der Waals surface area contributed by atoms with E-state index in [1.54, 1.807) is 36.4 Å². The molecular formula is C29H21N3O8. The lowest BCUT2D eigenvalue weighted by Crippen LogP contribution is -2.39. The Balaban J connectivity index is 1.74. The number of para-hydroxylation sites is 1. The lowest BCUT2D eigenvalue weighted by atomic mass is 9.93. The first-order chi connectivity index (χ1) is 19.1. The van der Waals surface area contributed by atoms with Crippen molar-refractivity contribution in [2.24, 2.45) is 0 Å². The van der Waals surface area contributed by atoms with Crippen LogP contribution in [0.1, 0.15) is 44.8 Å². The third-order valence-corrected chi connectivity index (χ3v) is 5.98. The molecule has 1 aromatic heterocycles. The third kappa shape index (κ3) is 5.48. The van der Waals surface area contributed by atoms with Crippen LogP contribution in [0.15, 0.2) is 77.6 Å². The SMILES string of the molecule is COC(=O)C(=O)[C@@H](C(=O)C(=O)Nc1ccccc1C(C)=O)c1nc2ccc(C(=O)c3ccccc3)cc2[nH]c1=O. The Bertz CT molecular complexity index is 1760. The van der Waals surface area contributed by atoms with Crippen molar-refractivity contribution in [2.45, 2.75) is 12.8 Å². The Morgan fingerprint density at radius 2 is 1.52 bits per heavy atom. The van der Waals surface area contributed by atoms with E-state index in [1.165, 1.54) is 43.3 Å². The van der Waals surface area contributed by atoms with Gasteiger partial charge in [-0.1, -0.05) is 42.5 Å². The Hall–Kier alpha value is -5.58. The number of hydrogen-bond acceptors (Lipinski definition) is 9. The number of methoxy groups -OCH3 is 1. The molecule has 11 nitrogen and oxygen atoms in total. The number of benzene rings is 3. The molecule has 0 aliphatic rings. The molecule has 0 aliphatic heterocycles. The maximum absolute atomic E-state index is 13.2. The van der Waals surface area contributed by atoms with E-state index in [0.717, 1.165) is 7.11 Å². The van der Waals surface area contributed by atoms with Crippen molar-refractivity contribution in [1.82, 2.24) is 9.97 Å². The number of Topliss-reactive ketones (excluding diaryl/α,β-unsaturated/α-hetero) is 3. The van der Waals surface area contributed by atoms with Crippen molar-refractivity contribution in [3.05, 3.63) is 106 Å². The molecule has 40 heavy (non-hydrogen) atoms. The van der Waals surface area contributed by atoms with E-state index in [-0.39, 0.29) is 33.6 Å². The highest BCUT2D eigenvalue weighted by atomic mass is 16.5. The largest absolute Gasteiger partial charge is 0.463 e. The molecule has 2 N–H and O–H groups in total. The summed E-state index contributed by atoms with van der Waals surface area (Å²) in [6.07, 6.45) is 0. The van der Waals surface area contributed by atoms with Gasteiger partial charge in [-0.15, -0.1) is 0 Å². The van der Waals surface area contributed by atoms with Crippen molar-refractivity contribution < 1.29 is 33.5 Å². The average molecular weight is 540 g/mol. The molecule has 0 aliphatic carbocycles. The van der Waals surface area contributed by atoms with Crippen LogP contribution in [0.3, 0.4) is 0 Å². The molecule has 0 saturated carbocycles. The van der Waals surface area contributed by atoms with Crippen LogP contribution in [0, 0.1) is 0 Å². The number of esters is 1. The molecule has 0 fully saturated rings. The fourth-order valence-corrected chi connectivity index (χ4v) is 3.99. The number of rotatable bonds is 9. The van der Waals surface area contributed by atoms with E-state index in [9.17, 15) is 33.6 Å². The van der Waals surface area contributed by atoms with Gasteiger partial charge in [0.1, 0.15) is 11.6 Å². The zero-order valence-corrected chi connectivity index (χ0v) is 21.2. The monoisotopic (exact) mass is 539 g/mol. The number of carbonyl (C=O) groups is 6. The predicted octanol–water partition coefficient (Wildman–Crippen LogP) is 2.39. The van der Waals surface area contributed by atoms with Gasteiger partial charge in [0.15, 0.2) is 11.6 Å². The van der Waals surface area contributed by atoms with Crippen LogP contribution < -0.4 is 10.9 Å². The van der Waals surface area contributed by atoms with Gasteiger partial charge >= 0.3 is 5.97 Å². The fourth-order valence-electron chi connectivity index (χ4n) is 3.99. The maximum atomic E-state index is 13.2. The van der Waals surface area contributed by atoms with Crippen molar-refractivity contribution in [1.29, 1.82) is 0 Å². The van der Waals surface area contributed by atoms with Crippen molar-refractivity contribution in [2.75, 3.05) is 12.4 Å². The number of aromatic nitrogens is 2. The number of aromatic amines is 1. The summed E-state index contributed by atoms with van der Waals surface area (Å²) >= 11 is 0. The van der Waals surface area contributed by atoms with Gasteiger partial charge in [-0.3, -0.25) is 28.8 Å². The third-order valence-electron chi connectivity index (χ3n) is 5.98. The summed E-state index contributed by atoms with van der Waals surface area (Å²) in [6.45, 7) is 1.26. The zero-order chi connectivity index (χ0) is 29.0. The molecule has 1 atom stereocenters. The summed E-state index contributed by atoms with van der Waals surface area (Å²) in [5, 5.41) is 2.25. The summed E-state index contributed by atoms with van der Waals surface area (Å²) in [6, 6.07) is 18.5. The van der Waals surface area contributed by atoms with Gasteiger partial charge < -0.3 is 15.0 Å². The smallest absolute Gasteiger partial charge is 0.375 e. The molecule has 0 unspecified atom stereocenters. The van der Waals surface area contributed by atoms with Gasteiger partial charge in [-0.05, 0) is 37.3 Å². The number of H-pyrrole nitrogens is 1. The van der Waals surface area contributed by atoms with E-state index in [0.29, 0.717) is 5.56 Å². The summed E-state index contributed by atoms with van der Waals surface area (Å²) in [7, 11) is 0.897. The van der Waals surface area contributed by atoms with Crippen LogP contribution in [0.2, 0.25) is 0 Å². The standard InChI is InChI=1S/C29H21N3O8/c1-15(33)18-10-6-7-11-19(18)31-28(38)25(35)22(26(36)29(39)40-2)23-27(37)32-21-14-17(12-13-20(21)30-23)24(34)16-8-4-3-5-9-16/h3-14,22H,1-2H3,(H,31,38)(H,32,37)/t22-/m1/s1. The Labute approximate surface area is 226 Å². The second kappa shape index (κ2) is 11.4. The Morgan fingerprint density at radius 1 is 0.850 bits per heavy atom. The number of hydrogen-bond donors (Lipinski definition) is 2. The summed E-state index contributed by atoms with van der Waals surface area (Å²) in [5.74, 6) is -8.75. The first-order valence-electron chi connectivity index (χ1n) is 11.8. The van der Waals surface area contributed by atoms with Crippen LogP contribution in [0.25, 0.3) is 11.0 Å². The van der Waals surface area contributed by atoms with E-state index in [2.05, 4.69) is 20.0 Å². The molecule has 3 aromatic carbocycles. The van der Waals surface area contributed by atoms with Crippen LogP contribution in [0.4, 0.5) is 5.69 Å². The van der Waals surface area contributed by atoms with Gasteiger partial charge in [-0.2, -0.15) is 0 Å². The number of ether oxygens (including phenoxy) is 1. The van der Waals surface area contributed by atoms with Crippen LogP contribution in [-0.2, 0) is 23.9 Å². The number of amides is 1. The van der Waals surface area contributed by atoms with Gasteiger partial charge in [-0.25, -0.2) is 9.78 Å². The second-order valence-electron chi connectivity index (χ2n) is 8.59. The van der Waals surface area contributed by atoms with E-state index in [4.69, 9.17) is 0 Å². The predicted molar refractivity (Wildman–Crippen MR) is 142 cm³/mol. The first kappa shape index (κ1) is 27.5. The minimum absolute atomic E-state index is 0.00592. The number of ketones is 4. The molecule has 1 heterocycles. The molecule has 0 spiro atoms. The lowest BCUT2D eigenvalue weighted by Gasteiger charge is -2.14. The van der Waals surface area contributed by atoms with Crippen LogP contribution in [0.5, 0.6) is 0 Å². The van der Waals surface area contributed by atoms with E-state index in [1.807, 2.05) is 0 Å². The lowest BCUT2D eigenvalue weighted by molar-refractivity contribution is -0.154. The van der Waals surface area contributed by atoms with Gasteiger partial charge in [0.05, 0.1) is 23.8 Å². The molecule has 4 rings (SSSR count). The highest BCUT2D eigenvalue weighted by Crippen LogP contribution is 2.21.